The highest BCUT2D eigenvalue weighted by Crippen LogP contribution is 2.32. The molecule has 0 saturated carbocycles. The van der Waals surface area contributed by atoms with Gasteiger partial charge in [-0.05, 0) is 37.8 Å². The van der Waals surface area contributed by atoms with Crippen LogP contribution in [0.2, 0.25) is 0 Å². The van der Waals surface area contributed by atoms with Gasteiger partial charge in [0.25, 0.3) is 5.91 Å². The van der Waals surface area contributed by atoms with Gasteiger partial charge in [0.15, 0.2) is 0 Å². The minimum atomic E-state index is -0.434. The van der Waals surface area contributed by atoms with E-state index >= 15 is 0 Å². The van der Waals surface area contributed by atoms with Crippen LogP contribution in [0.15, 0.2) is 24.3 Å². The lowest BCUT2D eigenvalue weighted by atomic mass is 10.1. The van der Waals surface area contributed by atoms with Crippen molar-refractivity contribution in [2.24, 2.45) is 0 Å². The first-order chi connectivity index (χ1) is 11.7. The largest absolute Gasteiger partial charge is 0.341 e. The molecular weight excluding hydrogens is 306 g/mol. The van der Waals surface area contributed by atoms with Gasteiger partial charge in [0.2, 0.25) is 11.8 Å². The van der Waals surface area contributed by atoms with Crippen LogP contribution in [0.5, 0.6) is 0 Å². The quantitative estimate of drug-likeness (QED) is 0.822. The van der Waals surface area contributed by atoms with Gasteiger partial charge in [0, 0.05) is 19.6 Å². The molecule has 1 atom stereocenters. The summed E-state index contributed by atoms with van der Waals surface area (Å²) in [5.74, 6) is -0.259. The van der Waals surface area contributed by atoms with Crippen molar-refractivity contribution >= 4 is 23.4 Å². The highest BCUT2D eigenvalue weighted by molar-refractivity contribution is 6.12. The van der Waals surface area contributed by atoms with Crippen LogP contribution in [-0.2, 0) is 9.59 Å². The lowest BCUT2D eigenvalue weighted by molar-refractivity contribution is -0.131. The van der Waals surface area contributed by atoms with Crippen molar-refractivity contribution in [2.75, 3.05) is 31.1 Å². The Labute approximate surface area is 141 Å². The summed E-state index contributed by atoms with van der Waals surface area (Å²) in [7, 11) is 0. The Kier molecular flexibility index (Phi) is 3.75. The van der Waals surface area contributed by atoms with Gasteiger partial charge in [-0.3, -0.25) is 14.4 Å². The summed E-state index contributed by atoms with van der Waals surface area (Å²) in [5, 5.41) is 0. The van der Waals surface area contributed by atoms with Crippen LogP contribution >= 0.6 is 0 Å². The van der Waals surface area contributed by atoms with Gasteiger partial charge in [-0.15, -0.1) is 0 Å². The monoisotopic (exact) mass is 327 g/mol. The molecule has 3 amide bonds. The number of anilines is 1. The van der Waals surface area contributed by atoms with E-state index in [2.05, 4.69) is 0 Å². The summed E-state index contributed by atoms with van der Waals surface area (Å²) >= 11 is 0. The second-order valence-corrected chi connectivity index (χ2v) is 6.69. The molecule has 0 radical (unpaired) electrons. The number of hydrogen-bond acceptors (Lipinski definition) is 3. The fraction of sp³-hybridized carbons (Fsp3) is 0.500. The summed E-state index contributed by atoms with van der Waals surface area (Å²) in [5.41, 5.74) is 1.08. The lowest BCUT2D eigenvalue weighted by Crippen LogP contribution is -2.48. The average molecular weight is 327 g/mol. The molecule has 0 bridgehead atoms. The van der Waals surface area contributed by atoms with Gasteiger partial charge < -0.3 is 14.7 Å². The van der Waals surface area contributed by atoms with E-state index < -0.39 is 6.04 Å². The molecule has 0 N–H and O–H groups in total. The summed E-state index contributed by atoms with van der Waals surface area (Å²) in [6.07, 6.45) is 3.54. The van der Waals surface area contributed by atoms with Crippen LogP contribution in [-0.4, -0.2) is 59.7 Å². The first-order valence-corrected chi connectivity index (χ1v) is 8.66. The number of rotatable bonds is 2. The topological polar surface area (TPSA) is 60.9 Å². The van der Waals surface area contributed by atoms with Crippen molar-refractivity contribution in [1.82, 2.24) is 9.80 Å². The van der Waals surface area contributed by atoms with Crippen molar-refractivity contribution < 1.29 is 14.4 Å². The molecule has 24 heavy (non-hydrogen) atoms. The molecule has 2 saturated heterocycles. The molecule has 126 valence electrons. The van der Waals surface area contributed by atoms with E-state index in [1.807, 2.05) is 11.0 Å². The average Bonchev–Trinajstić information content (AvgIpc) is 3.28. The lowest BCUT2D eigenvalue weighted by Gasteiger charge is -2.27. The third-order valence-corrected chi connectivity index (χ3v) is 5.24. The molecule has 3 heterocycles. The van der Waals surface area contributed by atoms with E-state index in [4.69, 9.17) is 0 Å². The van der Waals surface area contributed by atoms with Crippen LogP contribution in [0, 0.1) is 0 Å². The summed E-state index contributed by atoms with van der Waals surface area (Å²) in [6.45, 7) is 2.15. The number of carbonyl (C=O) groups is 3. The van der Waals surface area contributed by atoms with Gasteiger partial charge in [-0.25, -0.2) is 0 Å². The van der Waals surface area contributed by atoms with Crippen molar-refractivity contribution in [3.8, 4) is 0 Å². The maximum atomic E-state index is 13.0. The molecule has 3 aliphatic rings. The summed E-state index contributed by atoms with van der Waals surface area (Å²) in [6, 6.07) is 6.70. The Morgan fingerprint density at radius 2 is 1.79 bits per heavy atom. The molecular formula is C18H21N3O3. The smallest absolute Gasteiger partial charge is 0.256 e. The van der Waals surface area contributed by atoms with Crippen LogP contribution in [0.1, 0.15) is 36.0 Å². The molecule has 3 aliphatic heterocycles. The van der Waals surface area contributed by atoms with Gasteiger partial charge >= 0.3 is 0 Å². The molecule has 0 unspecified atom stereocenters. The second-order valence-electron chi connectivity index (χ2n) is 6.69. The third-order valence-electron chi connectivity index (χ3n) is 5.24. The minimum Gasteiger partial charge on any atom is -0.341 e. The van der Waals surface area contributed by atoms with Gasteiger partial charge in [0.1, 0.15) is 12.6 Å². The van der Waals surface area contributed by atoms with Crippen molar-refractivity contribution in [2.45, 2.75) is 31.7 Å². The van der Waals surface area contributed by atoms with E-state index in [1.165, 1.54) is 4.90 Å². The number of benzene rings is 1. The molecule has 1 aromatic rings. The Morgan fingerprint density at radius 1 is 1.04 bits per heavy atom. The molecule has 0 spiro atoms. The van der Waals surface area contributed by atoms with E-state index in [0.29, 0.717) is 24.2 Å². The van der Waals surface area contributed by atoms with Crippen molar-refractivity contribution in [3.63, 3.8) is 0 Å². The SMILES string of the molecule is O=C(CN1C(=O)[C@@H]2CCCN2C(=O)c2ccccc21)N1CCCC1. The summed E-state index contributed by atoms with van der Waals surface area (Å²) in [4.78, 5) is 43.5. The zero-order chi connectivity index (χ0) is 16.7. The zero-order valence-electron chi connectivity index (χ0n) is 13.6. The predicted molar refractivity (Wildman–Crippen MR) is 88.7 cm³/mol. The number of para-hydroxylation sites is 1. The van der Waals surface area contributed by atoms with Crippen LogP contribution in [0.4, 0.5) is 5.69 Å². The first-order valence-electron chi connectivity index (χ1n) is 8.66. The normalized spacial score (nSPS) is 23.3. The number of hydrogen-bond donors (Lipinski definition) is 0. The molecule has 1 aromatic carbocycles. The van der Waals surface area contributed by atoms with Gasteiger partial charge in [-0.2, -0.15) is 0 Å². The molecule has 0 aliphatic carbocycles. The summed E-state index contributed by atoms with van der Waals surface area (Å²) < 4.78 is 0. The Bertz CT molecular complexity index is 697. The van der Waals surface area contributed by atoms with Crippen molar-refractivity contribution in [3.05, 3.63) is 29.8 Å². The molecule has 6 heteroatoms. The molecule has 6 nitrogen and oxygen atoms in total. The number of amides is 3. The second kappa shape index (κ2) is 5.92. The number of carbonyl (C=O) groups excluding carboxylic acids is 3. The molecule has 4 rings (SSSR count). The standard InChI is InChI=1S/C18H21N3O3/c22-16(19-9-3-4-10-19)12-21-14-7-2-1-6-13(14)17(23)20-11-5-8-15(20)18(21)24/h1-2,6-7,15H,3-5,8-12H2/t15-/m0/s1. The minimum absolute atomic E-state index is 0.0213. The van der Waals surface area contributed by atoms with Crippen LogP contribution in [0.3, 0.4) is 0 Å². The van der Waals surface area contributed by atoms with Gasteiger partial charge in [0.05, 0.1) is 11.3 Å². The van der Waals surface area contributed by atoms with E-state index in [0.717, 1.165) is 32.4 Å². The fourth-order valence-electron chi connectivity index (χ4n) is 3.97. The van der Waals surface area contributed by atoms with Gasteiger partial charge in [-0.1, -0.05) is 12.1 Å². The highest BCUT2D eigenvalue weighted by atomic mass is 16.2. The maximum absolute atomic E-state index is 13.0. The number of nitrogens with zero attached hydrogens (tertiary/aromatic N) is 3. The van der Waals surface area contributed by atoms with E-state index in [9.17, 15) is 14.4 Å². The predicted octanol–water partition coefficient (Wildman–Crippen LogP) is 1.26. The fourth-order valence-corrected chi connectivity index (χ4v) is 3.97. The zero-order valence-corrected chi connectivity index (χ0v) is 13.6. The Morgan fingerprint density at radius 3 is 2.58 bits per heavy atom. The van der Waals surface area contributed by atoms with E-state index in [-0.39, 0.29) is 24.3 Å². The maximum Gasteiger partial charge on any atom is 0.256 e. The Balaban J connectivity index is 1.70. The Hall–Kier alpha value is -2.37. The van der Waals surface area contributed by atoms with E-state index in [1.54, 1.807) is 23.1 Å². The highest BCUT2D eigenvalue weighted by Gasteiger charge is 2.42. The van der Waals surface area contributed by atoms with Crippen LogP contribution < -0.4 is 4.90 Å². The number of fused-ring (bicyclic) bond motifs is 2. The number of likely N-dealkylation sites (tertiary alicyclic amines) is 1. The third kappa shape index (κ3) is 2.37. The molecule has 2 fully saturated rings. The molecule has 0 aromatic heterocycles. The first kappa shape index (κ1) is 15.2. The van der Waals surface area contributed by atoms with Crippen molar-refractivity contribution in [1.29, 1.82) is 0 Å². The van der Waals surface area contributed by atoms with Crippen LogP contribution in [0.25, 0.3) is 0 Å².